The molecule has 172 valence electrons. The molecule has 0 spiro atoms. The summed E-state index contributed by atoms with van der Waals surface area (Å²) in [6, 6.07) is 5.81. The van der Waals surface area contributed by atoms with Crippen LogP contribution in [0.1, 0.15) is 36.8 Å². The number of hydrogen-bond donors (Lipinski definition) is 2. The van der Waals surface area contributed by atoms with E-state index in [-0.39, 0.29) is 18.7 Å². The van der Waals surface area contributed by atoms with Gasteiger partial charge in [-0.1, -0.05) is 18.9 Å². The molecule has 9 heteroatoms. The standard InChI is InChI=1S/C23H31N5O4/c1-15-8-9-18(12-16(15)2)32-14-17(29)13-28-19-20(26(3)23(31)25-21(19)30)24-22(28)27-10-6-4-5-7-11-27/h8-9,12,17,29H,4-7,10-11,13-14H2,1-3H3,(H,25,30,31). The summed E-state index contributed by atoms with van der Waals surface area (Å²) in [4.78, 5) is 34.0. The summed E-state index contributed by atoms with van der Waals surface area (Å²) >= 11 is 0. The predicted molar refractivity (Wildman–Crippen MR) is 124 cm³/mol. The largest absolute Gasteiger partial charge is 0.491 e. The second-order valence-corrected chi connectivity index (χ2v) is 8.63. The molecular formula is C23H31N5O4. The highest BCUT2D eigenvalue weighted by molar-refractivity contribution is 5.74. The number of nitrogens with zero attached hydrogens (tertiary/aromatic N) is 4. The number of ether oxygens (including phenoxy) is 1. The van der Waals surface area contributed by atoms with Crippen LogP contribution in [0.2, 0.25) is 0 Å². The number of aromatic amines is 1. The van der Waals surface area contributed by atoms with Crippen molar-refractivity contribution in [3.05, 3.63) is 50.2 Å². The van der Waals surface area contributed by atoms with Crippen LogP contribution < -0.4 is 20.9 Å². The number of aliphatic hydroxyl groups is 1. The minimum Gasteiger partial charge on any atom is -0.491 e. The van der Waals surface area contributed by atoms with Crippen molar-refractivity contribution in [3.63, 3.8) is 0 Å². The first-order valence-corrected chi connectivity index (χ1v) is 11.2. The number of aromatic nitrogens is 4. The lowest BCUT2D eigenvalue weighted by atomic mass is 10.1. The van der Waals surface area contributed by atoms with E-state index < -0.39 is 17.4 Å². The lowest BCUT2D eigenvalue weighted by Crippen LogP contribution is -2.32. The highest BCUT2D eigenvalue weighted by atomic mass is 16.5. The van der Waals surface area contributed by atoms with Crippen molar-refractivity contribution in [1.82, 2.24) is 19.1 Å². The fraction of sp³-hybridized carbons (Fsp3) is 0.522. The van der Waals surface area contributed by atoms with E-state index in [9.17, 15) is 14.7 Å². The minimum atomic E-state index is -0.864. The van der Waals surface area contributed by atoms with E-state index in [1.807, 2.05) is 32.0 Å². The van der Waals surface area contributed by atoms with Crippen LogP contribution in [-0.2, 0) is 13.6 Å². The molecule has 4 rings (SSSR count). The fourth-order valence-corrected chi connectivity index (χ4v) is 4.17. The highest BCUT2D eigenvalue weighted by Crippen LogP contribution is 2.23. The molecule has 3 heterocycles. The molecule has 0 saturated carbocycles. The summed E-state index contributed by atoms with van der Waals surface area (Å²) in [5.41, 5.74) is 1.90. The molecule has 1 saturated heterocycles. The number of aliphatic hydroxyl groups excluding tert-OH is 1. The molecule has 0 aliphatic carbocycles. The maximum atomic E-state index is 12.7. The minimum absolute atomic E-state index is 0.0747. The third-order valence-electron chi connectivity index (χ3n) is 6.19. The van der Waals surface area contributed by atoms with Crippen molar-refractivity contribution >= 4 is 17.1 Å². The third-order valence-corrected chi connectivity index (χ3v) is 6.19. The van der Waals surface area contributed by atoms with Gasteiger partial charge in [-0.25, -0.2) is 4.79 Å². The Morgan fingerprint density at radius 3 is 2.53 bits per heavy atom. The van der Waals surface area contributed by atoms with Gasteiger partial charge < -0.3 is 19.3 Å². The van der Waals surface area contributed by atoms with Crippen molar-refractivity contribution in [1.29, 1.82) is 0 Å². The van der Waals surface area contributed by atoms with E-state index >= 15 is 0 Å². The van der Waals surface area contributed by atoms with Gasteiger partial charge in [0.15, 0.2) is 11.2 Å². The van der Waals surface area contributed by atoms with Gasteiger partial charge in [-0.2, -0.15) is 4.98 Å². The molecule has 1 aliphatic rings. The Kier molecular flexibility index (Phi) is 6.36. The maximum absolute atomic E-state index is 12.7. The van der Waals surface area contributed by atoms with E-state index in [1.165, 1.54) is 10.1 Å². The Morgan fingerprint density at radius 1 is 1.12 bits per heavy atom. The first-order chi connectivity index (χ1) is 15.3. The molecular weight excluding hydrogens is 410 g/mol. The second kappa shape index (κ2) is 9.20. The molecule has 1 aromatic carbocycles. The average molecular weight is 442 g/mol. The summed E-state index contributed by atoms with van der Waals surface area (Å²) in [6.45, 7) is 5.90. The van der Waals surface area contributed by atoms with E-state index in [2.05, 4.69) is 14.9 Å². The zero-order valence-electron chi connectivity index (χ0n) is 18.9. The molecule has 2 aromatic heterocycles. The van der Waals surface area contributed by atoms with Gasteiger partial charge in [-0.15, -0.1) is 0 Å². The number of hydrogen-bond acceptors (Lipinski definition) is 6. The third kappa shape index (κ3) is 4.43. The highest BCUT2D eigenvalue weighted by Gasteiger charge is 2.24. The van der Waals surface area contributed by atoms with Crippen LogP contribution in [0.25, 0.3) is 11.2 Å². The van der Waals surface area contributed by atoms with Gasteiger partial charge in [-0.05, 0) is 49.9 Å². The number of nitrogens with one attached hydrogen (secondary N) is 1. The molecule has 0 amide bonds. The Morgan fingerprint density at radius 2 is 1.84 bits per heavy atom. The molecule has 0 bridgehead atoms. The van der Waals surface area contributed by atoms with Gasteiger partial charge in [0.05, 0.1) is 6.54 Å². The van der Waals surface area contributed by atoms with E-state index in [1.54, 1.807) is 11.6 Å². The zero-order chi connectivity index (χ0) is 22.8. The molecule has 1 fully saturated rings. The number of aryl methyl sites for hydroxylation is 3. The van der Waals surface area contributed by atoms with E-state index in [0.29, 0.717) is 17.3 Å². The van der Waals surface area contributed by atoms with Crippen LogP contribution >= 0.6 is 0 Å². The van der Waals surface area contributed by atoms with Crippen molar-refractivity contribution in [2.45, 2.75) is 52.2 Å². The quantitative estimate of drug-likeness (QED) is 0.605. The van der Waals surface area contributed by atoms with Crippen LogP contribution in [0.15, 0.2) is 27.8 Å². The van der Waals surface area contributed by atoms with Gasteiger partial charge in [-0.3, -0.25) is 14.3 Å². The van der Waals surface area contributed by atoms with Crippen LogP contribution in [0, 0.1) is 13.8 Å². The van der Waals surface area contributed by atoms with Crippen molar-refractivity contribution in [2.75, 3.05) is 24.6 Å². The summed E-state index contributed by atoms with van der Waals surface area (Å²) < 4.78 is 8.87. The number of imidazole rings is 1. The Hall–Kier alpha value is -3.07. The maximum Gasteiger partial charge on any atom is 0.329 e. The first-order valence-electron chi connectivity index (χ1n) is 11.2. The number of anilines is 1. The van der Waals surface area contributed by atoms with Crippen molar-refractivity contribution < 1.29 is 9.84 Å². The van der Waals surface area contributed by atoms with Crippen LogP contribution in [-0.4, -0.2) is 50.0 Å². The number of H-pyrrole nitrogens is 1. The summed E-state index contributed by atoms with van der Waals surface area (Å²) in [7, 11) is 1.59. The van der Waals surface area contributed by atoms with Crippen molar-refractivity contribution in [3.8, 4) is 5.75 Å². The molecule has 32 heavy (non-hydrogen) atoms. The topological polar surface area (TPSA) is 105 Å². The lowest BCUT2D eigenvalue weighted by molar-refractivity contribution is 0.0936. The van der Waals surface area contributed by atoms with E-state index in [4.69, 9.17) is 4.74 Å². The number of rotatable bonds is 6. The predicted octanol–water partition coefficient (Wildman–Crippen LogP) is 1.86. The second-order valence-electron chi connectivity index (χ2n) is 8.63. The summed E-state index contributed by atoms with van der Waals surface area (Å²) in [5, 5.41) is 10.8. The summed E-state index contributed by atoms with van der Waals surface area (Å²) in [6.07, 6.45) is 3.52. The van der Waals surface area contributed by atoms with Crippen molar-refractivity contribution in [2.24, 2.45) is 7.05 Å². The first kappa shape index (κ1) is 22.1. The molecule has 1 aliphatic heterocycles. The molecule has 9 nitrogen and oxygen atoms in total. The van der Waals surface area contributed by atoms with Gasteiger partial charge in [0, 0.05) is 20.1 Å². The van der Waals surface area contributed by atoms with E-state index in [0.717, 1.165) is 44.3 Å². The van der Waals surface area contributed by atoms with Gasteiger partial charge in [0.1, 0.15) is 18.5 Å². The Bertz CT molecular complexity index is 1220. The number of benzene rings is 1. The SMILES string of the molecule is Cc1ccc(OCC(O)Cn2c(N3CCCCCC3)nc3c2c(=O)[nH]c(=O)n3C)cc1C. The van der Waals surface area contributed by atoms with Gasteiger partial charge in [0.25, 0.3) is 5.56 Å². The molecule has 3 aromatic rings. The molecule has 1 unspecified atom stereocenters. The fourth-order valence-electron chi connectivity index (χ4n) is 4.17. The zero-order valence-corrected chi connectivity index (χ0v) is 18.9. The van der Waals surface area contributed by atoms with Gasteiger partial charge >= 0.3 is 5.69 Å². The Labute approximate surface area is 186 Å². The molecule has 1 atom stereocenters. The Balaban J connectivity index is 1.65. The molecule has 2 N–H and O–H groups in total. The monoisotopic (exact) mass is 441 g/mol. The van der Waals surface area contributed by atoms with Crippen LogP contribution in [0.4, 0.5) is 5.95 Å². The van der Waals surface area contributed by atoms with Crippen LogP contribution in [0.3, 0.4) is 0 Å². The number of fused-ring (bicyclic) bond motifs is 1. The van der Waals surface area contributed by atoms with Gasteiger partial charge in [0.2, 0.25) is 5.95 Å². The lowest BCUT2D eigenvalue weighted by Gasteiger charge is -2.23. The summed E-state index contributed by atoms with van der Waals surface area (Å²) in [5.74, 6) is 1.30. The normalized spacial score (nSPS) is 15.7. The van der Waals surface area contributed by atoms with Crippen LogP contribution in [0.5, 0.6) is 5.75 Å². The smallest absolute Gasteiger partial charge is 0.329 e. The average Bonchev–Trinajstić information content (AvgIpc) is 2.94. The molecule has 0 radical (unpaired) electrons.